The van der Waals surface area contributed by atoms with Crippen molar-refractivity contribution in [3.63, 3.8) is 0 Å². The SMILES string of the molecule is OC(COC1CCCCO1)CC1CO1. The van der Waals surface area contributed by atoms with E-state index in [4.69, 9.17) is 14.2 Å². The van der Waals surface area contributed by atoms with Crippen LogP contribution < -0.4 is 0 Å². The van der Waals surface area contributed by atoms with Gasteiger partial charge in [0.25, 0.3) is 0 Å². The summed E-state index contributed by atoms with van der Waals surface area (Å²) in [5.41, 5.74) is 0. The second kappa shape index (κ2) is 5.07. The molecule has 4 heteroatoms. The molecule has 4 nitrogen and oxygen atoms in total. The van der Waals surface area contributed by atoms with Crippen LogP contribution in [0.5, 0.6) is 0 Å². The summed E-state index contributed by atoms with van der Waals surface area (Å²) in [5, 5.41) is 9.53. The van der Waals surface area contributed by atoms with Crippen molar-refractivity contribution in [2.75, 3.05) is 19.8 Å². The van der Waals surface area contributed by atoms with Crippen LogP contribution in [-0.4, -0.2) is 43.4 Å². The Labute approximate surface area is 84.1 Å². The summed E-state index contributed by atoms with van der Waals surface area (Å²) in [6.45, 7) is 1.94. The summed E-state index contributed by atoms with van der Waals surface area (Å²) in [6, 6.07) is 0. The van der Waals surface area contributed by atoms with Gasteiger partial charge >= 0.3 is 0 Å². The molecule has 2 aliphatic heterocycles. The maximum Gasteiger partial charge on any atom is 0.157 e. The lowest BCUT2D eigenvalue weighted by molar-refractivity contribution is -0.175. The van der Waals surface area contributed by atoms with Gasteiger partial charge in [0.15, 0.2) is 6.29 Å². The molecule has 0 aromatic carbocycles. The Bertz CT molecular complexity index is 164. The number of hydrogen-bond acceptors (Lipinski definition) is 4. The molecule has 2 saturated heterocycles. The van der Waals surface area contributed by atoms with Gasteiger partial charge in [-0.05, 0) is 19.3 Å². The van der Waals surface area contributed by atoms with Crippen LogP contribution in [0.25, 0.3) is 0 Å². The first-order chi connectivity index (χ1) is 6.84. The average Bonchev–Trinajstić information content (AvgIpc) is 3.00. The maximum absolute atomic E-state index is 9.53. The molecule has 0 radical (unpaired) electrons. The van der Waals surface area contributed by atoms with Crippen molar-refractivity contribution in [2.24, 2.45) is 0 Å². The van der Waals surface area contributed by atoms with Gasteiger partial charge in [-0.2, -0.15) is 0 Å². The molecule has 0 aromatic heterocycles. The molecule has 0 aliphatic carbocycles. The molecular formula is C10H18O4. The van der Waals surface area contributed by atoms with Crippen molar-refractivity contribution >= 4 is 0 Å². The number of hydrogen-bond donors (Lipinski definition) is 1. The average molecular weight is 202 g/mol. The fourth-order valence-electron chi connectivity index (χ4n) is 1.64. The Kier molecular flexibility index (Phi) is 3.75. The van der Waals surface area contributed by atoms with Crippen LogP contribution >= 0.6 is 0 Å². The highest BCUT2D eigenvalue weighted by Crippen LogP contribution is 2.17. The normalized spacial score (nSPS) is 34.1. The Morgan fingerprint density at radius 2 is 2.21 bits per heavy atom. The number of epoxide rings is 1. The summed E-state index contributed by atoms with van der Waals surface area (Å²) < 4.78 is 15.9. The zero-order chi connectivity index (χ0) is 9.80. The number of ether oxygens (including phenoxy) is 3. The van der Waals surface area contributed by atoms with Gasteiger partial charge in [-0.15, -0.1) is 0 Å². The molecule has 2 rings (SSSR count). The molecule has 0 amide bonds. The lowest BCUT2D eigenvalue weighted by atomic mass is 10.2. The summed E-state index contributed by atoms with van der Waals surface area (Å²) in [7, 11) is 0. The second-order valence-electron chi connectivity index (χ2n) is 3.97. The number of aliphatic hydroxyl groups excluding tert-OH is 1. The smallest absolute Gasteiger partial charge is 0.157 e. The Balaban J connectivity index is 1.55. The zero-order valence-electron chi connectivity index (χ0n) is 8.35. The van der Waals surface area contributed by atoms with Gasteiger partial charge in [0.05, 0.1) is 25.4 Å². The van der Waals surface area contributed by atoms with Gasteiger partial charge in [-0.25, -0.2) is 0 Å². The van der Waals surface area contributed by atoms with Gasteiger partial charge in [-0.3, -0.25) is 0 Å². The maximum atomic E-state index is 9.53. The topological polar surface area (TPSA) is 51.2 Å². The van der Waals surface area contributed by atoms with E-state index < -0.39 is 6.10 Å². The minimum atomic E-state index is -0.409. The highest BCUT2D eigenvalue weighted by Gasteiger charge is 2.26. The molecule has 82 valence electrons. The van der Waals surface area contributed by atoms with Gasteiger partial charge in [0.2, 0.25) is 0 Å². The third-order valence-electron chi connectivity index (χ3n) is 2.55. The molecule has 3 unspecified atom stereocenters. The minimum Gasteiger partial charge on any atom is -0.391 e. The van der Waals surface area contributed by atoms with Crippen LogP contribution in [0.15, 0.2) is 0 Å². The van der Waals surface area contributed by atoms with Gasteiger partial charge < -0.3 is 19.3 Å². The zero-order valence-corrected chi connectivity index (χ0v) is 8.35. The molecule has 0 saturated carbocycles. The van der Waals surface area contributed by atoms with Gasteiger partial charge in [0, 0.05) is 13.0 Å². The summed E-state index contributed by atoms with van der Waals surface area (Å²) in [5.74, 6) is 0. The molecule has 2 heterocycles. The van der Waals surface area contributed by atoms with Crippen molar-refractivity contribution in [1.82, 2.24) is 0 Å². The fourth-order valence-corrected chi connectivity index (χ4v) is 1.64. The highest BCUT2D eigenvalue weighted by molar-refractivity contribution is 4.73. The monoisotopic (exact) mass is 202 g/mol. The Hall–Kier alpha value is -0.160. The summed E-state index contributed by atoms with van der Waals surface area (Å²) in [4.78, 5) is 0. The van der Waals surface area contributed by atoms with E-state index in [1.54, 1.807) is 0 Å². The predicted molar refractivity (Wildman–Crippen MR) is 49.9 cm³/mol. The lowest BCUT2D eigenvalue weighted by Crippen LogP contribution is -2.27. The summed E-state index contributed by atoms with van der Waals surface area (Å²) >= 11 is 0. The number of aliphatic hydroxyl groups is 1. The molecular weight excluding hydrogens is 184 g/mol. The second-order valence-corrected chi connectivity index (χ2v) is 3.97. The van der Waals surface area contributed by atoms with E-state index in [0.717, 1.165) is 32.5 Å². The molecule has 3 atom stereocenters. The van der Waals surface area contributed by atoms with Crippen LogP contribution in [0.2, 0.25) is 0 Å². The highest BCUT2D eigenvalue weighted by atomic mass is 16.7. The first kappa shape index (κ1) is 10.4. The van der Waals surface area contributed by atoms with Crippen LogP contribution in [0, 0.1) is 0 Å². The van der Waals surface area contributed by atoms with E-state index in [1.807, 2.05) is 0 Å². The Morgan fingerprint density at radius 3 is 2.86 bits per heavy atom. The largest absolute Gasteiger partial charge is 0.391 e. The van der Waals surface area contributed by atoms with E-state index in [0.29, 0.717) is 13.0 Å². The predicted octanol–water partition coefficient (Wildman–Crippen LogP) is 0.679. The molecule has 2 fully saturated rings. The third kappa shape index (κ3) is 3.53. The van der Waals surface area contributed by atoms with Crippen molar-refractivity contribution in [1.29, 1.82) is 0 Å². The molecule has 0 aromatic rings. The van der Waals surface area contributed by atoms with Crippen LogP contribution in [0.3, 0.4) is 0 Å². The molecule has 2 aliphatic rings. The third-order valence-corrected chi connectivity index (χ3v) is 2.55. The van der Waals surface area contributed by atoms with Crippen molar-refractivity contribution < 1.29 is 19.3 Å². The molecule has 0 spiro atoms. The lowest BCUT2D eigenvalue weighted by Gasteiger charge is -2.23. The van der Waals surface area contributed by atoms with E-state index >= 15 is 0 Å². The standard InChI is InChI=1S/C10H18O4/c11-8(5-9-7-13-9)6-14-10-3-1-2-4-12-10/h8-11H,1-7H2. The van der Waals surface area contributed by atoms with Crippen LogP contribution in [0.4, 0.5) is 0 Å². The quantitative estimate of drug-likeness (QED) is 0.666. The van der Waals surface area contributed by atoms with E-state index in [9.17, 15) is 5.11 Å². The fraction of sp³-hybridized carbons (Fsp3) is 1.00. The minimum absolute atomic E-state index is 0.0986. The number of rotatable bonds is 5. The first-order valence-corrected chi connectivity index (χ1v) is 5.37. The van der Waals surface area contributed by atoms with E-state index in [1.165, 1.54) is 0 Å². The first-order valence-electron chi connectivity index (χ1n) is 5.37. The van der Waals surface area contributed by atoms with Crippen molar-refractivity contribution in [3.8, 4) is 0 Å². The van der Waals surface area contributed by atoms with E-state index in [-0.39, 0.29) is 12.4 Å². The van der Waals surface area contributed by atoms with Crippen molar-refractivity contribution in [2.45, 2.75) is 44.2 Å². The van der Waals surface area contributed by atoms with Crippen molar-refractivity contribution in [3.05, 3.63) is 0 Å². The summed E-state index contributed by atoms with van der Waals surface area (Å²) in [6.07, 6.45) is 3.68. The molecule has 0 bridgehead atoms. The van der Waals surface area contributed by atoms with Crippen LogP contribution in [0.1, 0.15) is 25.7 Å². The van der Waals surface area contributed by atoms with Crippen LogP contribution in [-0.2, 0) is 14.2 Å². The van der Waals surface area contributed by atoms with Gasteiger partial charge in [-0.1, -0.05) is 0 Å². The van der Waals surface area contributed by atoms with E-state index in [2.05, 4.69) is 0 Å². The van der Waals surface area contributed by atoms with Gasteiger partial charge in [0.1, 0.15) is 0 Å². The Morgan fingerprint density at radius 1 is 1.36 bits per heavy atom. The molecule has 1 N–H and O–H groups in total. The molecule has 14 heavy (non-hydrogen) atoms.